The van der Waals surface area contributed by atoms with Gasteiger partial charge in [0.25, 0.3) is 0 Å². The maximum absolute atomic E-state index is 3.64. The molecule has 0 bridgehead atoms. The van der Waals surface area contributed by atoms with Crippen molar-refractivity contribution >= 4 is 72.7 Å². The van der Waals surface area contributed by atoms with E-state index in [1.807, 2.05) is 24.3 Å². The molecule has 0 aliphatic carbocycles. The molecule has 2 aromatic carbocycles. The zero-order chi connectivity index (χ0) is 13.1. The Kier molecular flexibility index (Phi) is 5.24. The highest BCUT2D eigenvalue weighted by Crippen LogP contribution is 2.36. The van der Waals surface area contributed by atoms with Crippen LogP contribution in [0.5, 0.6) is 0 Å². The van der Waals surface area contributed by atoms with Gasteiger partial charge in [-0.3, -0.25) is 0 Å². The molecular weight excluding hydrogens is 488 g/mol. The summed E-state index contributed by atoms with van der Waals surface area (Å²) in [4.78, 5) is 0. The highest BCUT2D eigenvalue weighted by molar-refractivity contribution is 9.18. The Bertz CT molecular complexity index is 514. The van der Waals surface area contributed by atoms with Gasteiger partial charge in [-0.2, -0.15) is 0 Å². The predicted octanol–water partition coefficient (Wildman–Crippen LogP) is 6.83. The summed E-state index contributed by atoms with van der Waals surface area (Å²) < 4.78 is 4.23. The van der Waals surface area contributed by atoms with Gasteiger partial charge < -0.3 is 0 Å². The molecule has 0 saturated carbocycles. The number of rotatable bonds is 2. The number of benzene rings is 2. The van der Waals surface area contributed by atoms with Gasteiger partial charge in [-0.1, -0.05) is 56.1 Å². The molecule has 0 amide bonds. The predicted molar refractivity (Wildman–Crippen MR) is 93.0 cm³/mol. The van der Waals surface area contributed by atoms with Crippen LogP contribution in [0.3, 0.4) is 0 Å². The molecule has 18 heavy (non-hydrogen) atoms. The first kappa shape index (κ1) is 14.5. The molecule has 0 N–H and O–H groups in total. The minimum absolute atomic E-state index is 1.04. The molecule has 0 saturated heterocycles. The Labute approximate surface area is 140 Å². The summed E-state index contributed by atoms with van der Waals surface area (Å²) in [5.41, 5.74) is 2.26. The van der Waals surface area contributed by atoms with Crippen LogP contribution in [0.2, 0.25) is 0 Å². The Hall–Kier alpha value is 0.1000. The van der Waals surface area contributed by atoms with Gasteiger partial charge in [-0.05, 0) is 67.3 Å². The minimum Gasteiger partial charge on any atom is -0.0527 e. The first-order chi connectivity index (χ1) is 8.58. The van der Waals surface area contributed by atoms with E-state index in [0.717, 1.165) is 29.0 Å². The Morgan fingerprint density at radius 1 is 0.556 bits per heavy atom. The minimum atomic E-state index is 1.04. The maximum atomic E-state index is 3.64. The van der Waals surface area contributed by atoms with Crippen LogP contribution in [0.4, 0.5) is 0 Å². The van der Waals surface area contributed by atoms with E-state index in [0.29, 0.717) is 0 Å². The van der Waals surface area contributed by atoms with Gasteiger partial charge in [0.2, 0.25) is 0 Å². The third kappa shape index (κ3) is 3.56. The Morgan fingerprint density at radius 2 is 0.833 bits per heavy atom. The second-order valence-corrected chi connectivity index (χ2v) is 7.06. The van der Waals surface area contributed by atoms with Crippen molar-refractivity contribution in [3.05, 3.63) is 68.6 Å². The lowest BCUT2D eigenvalue weighted by atomic mass is 10.1. The summed E-state index contributed by atoms with van der Waals surface area (Å²) in [5, 5.41) is 0. The van der Waals surface area contributed by atoms with Crippen molar-refractivity contribution in [1.29, 1.82) is 0 Å². The van der Waals surface area contributed by atoms with Crippen molar-refractivity contribution in [3.63, 3.8) is 0 Å². The third-order valence-corrected chi connectivity index (χ3v) is 5.69. The monoisotopic (exact) mass is 492 g/mol. The Morgan fingerprint density at radius 3 is 1.11 bits per heavy atom. The van der Waals surface area contributed by atoms with Gasteiger partial charge in [-0.25, -0.2) is 0 Å². The van der Waals surface area contributed by atoms with Crippen molar-refractivity contribution < 1.29 is 0 Å². The average Bonchev–Trinajstić information content (AvgIpc) is 2.39. The number of hydrogen-bond donors (Lipinski definition) is 0. The van der Waals surface area contributed by atoms with E-state index in [9.17, 15) is 0 Å². The van der Waals surface area contributed by atoms with E-state index in [1.54, 1.807) is 0 Å². The summed E-state index contributed by atoms with van der Waals surface area (Å²) in [6.45, 7) is 0. The normalized spacial score (nSPS) is 12.2. The second-order valence-electron chi connectivity index (χ2n) is 3.64. The van der Waals surface area contributed by atoms with E-state index in [1.165, 1.54) is 0 Å². The molecule has 0 unspecified atom stereocenters. The molecule has 2 aromatic rings. The lowest BCUT2D eigenvalue weighted by Gasteiger charge is -2.06. The molecule has 0 nitrogen and oxygen atoms in total. The molecule has 0 fully saturated rings. The highest BCUT2D eigenvalue weighted by atomic mass is 79.9. The van der Waals surface area contributed by atoms with Gasteiger partial charge in [0.15, 0.2) is 0 Å². The topological polar surface area (TPSA) is 0 Å². The molecule has 4 heteroatoms. The van der Waals surface area contributed by atoms with Crippen molar-refractivity contribution in [2.45, 2.75) is 0 Å². The van der Waals surface area contributed by atoms with E-state index in [-0.39, 0.29) is 0 Å². The molecule has 0 heterocycles. The lowest BCUT2D eigenvalue weighted by molar-refractivity contribution is 1.59. The molecule has 92 valence electrons. The third-order valence-electron chi connectivity index (χ3n) is 2.39. The van der Waals surface area contributed by atoms with Gasteiger partial charge in [0.05, 0.1) is 0 Å². The summed E-state index contributed by atoms with van der Waals surface area (Å²) in [7, 11) is 0. The highest BCUT2D eigenvalue weighted by Gasteiger charge is 2.06. The SMILES string of the molecule is Br/C(=C(\Br)c1ccc(Br)cc1)c1ccc(Br)cc1. The van der Waals surface area contributed by atoms with Crippen LogP contribution >= 0.6 is 63.7 Å². The quantitative estimate of drug-likeness (QED) is 0.401. The van der Waals surface area contributed by atoms with Crippen molar-refractivity contribution in [2.75, 3.05) is 0 Å². The van der Waals surface area contributed by atoms with Gasteiger partial charge in [0.1, 0.15) is 0 Å². The molecule has 0 aromatic heterocycles. The van der Waals surface area contributed by atoms with Gasteiger partial charge in [0, 0.05) is 17.9 Å². The van der Waals surface area contributed by atoms with Gasteiger partial charge in [-0.15, -0.1) is 0 Å². The Balaban J connectivity index is 2.40. The molecule has 0 spiro atoms. The standard InChI is InChI=1S/C14H8Br4/c15-11-5-1-9(2-6-11)13(17)14(18)10-3-7-12(16)8-4-10/h1-8H/b14-13-. The molecule has 0 aliphatic rings. The number of halogens is 4. The van der Waals surface area contributed by atoms with Crippen LogP contribution in [0.25, 0.3) is 8.96 Å². The molecule has 0 atom stereocenters. The zero-order valence-electron chi connectivity index (χ0n) is 9.13. The second kappa shape index (κ2) is 6.51. The molecular formula is C14H8Br4. The van der Waals surface area contributed by atoms with Crippen LogP contribution in [0.1, 0.15) is 11.1 Å². The van der Waals surface area contributed by atoms with E-state index in [2.05, 4.69) is 88.0 Å². The van der Waals surface area contributed by atoms with Crippen molar-refractivity contribution in [1.82, 2.24) is 0 Å². The van der Waals surface area contributed by atoms with E-state index >= 15 is 0 Å². The molecule has 0 aliphatic heterocycles. The van der Waals surface area contributed by atoms with E-state index < -0.39 is 0 Å². The van der Waals surface area contributed by atoms with Crippen LogP contribution in [-0.2, 0) is 0 Å². The van der Waals surface area contributed by atoms with Gasteiger partial charge >= 0.3 is 0 Å². The number of hydrogen-bond acceptors (Lipinski definition) is 0. The fourth-order valence-corrected chi connectivity index (χ4v) is 2.96. The van der Waals surface area contributed by atoms with Crippen LogP contribution in [0.15, 0.2) is 57.5 Å². The largest absolute Gasteiger partial charge is 0.0527 e. The lowest BCUT2D eigenvalue weighted by Crippen LogP contribution is -1.82. The molecule has 0 radical (unpaired) electrons. The first-order valence-electron chi connectivity index (χ1n) is 5.15. The smallest absolute Gasteiger partial charge is 0.0395 e. The molecule has 2 rings (SSSR count). The zero-order valence-corrected chi connectivity index (χ0v) is 15.5. The van der Waals surface area contributed by atoms with Crippen molar-refractivity contribution in [2.24, 2.45) is 0 Å². The van der Waals surface area contributed by atoms with E-state index in [4.69, 9.17) is 0 Å². The summed E-state index contributed by atoms with van der Waals surface area (Å²) in [6.07, 6.45) is 0. The van der Waals surface area contributed by atoms with Crippen LogP contribution in [-0.4, -0.2) is 0 Å². The fourth-order valence-electron chi connectivity index (χ4n) is 1.45. The summed E-state index contributed by atoms with van der Waals surface area (Å²) >= 11 is 14.1. The van der Waals surface area contributed by atoms with Crippen molar-refractivity contribution in [3.8, 4) is 0 Å². The first-order valence-corrected chi connectivity index (χ1v) is 8.32. The maximum Gasteiger partial charge on any atom is 0.0395 e. The fraction of sp³-hybridized carbons (Fsp3) is 0. The van der Waals surface area contributed by atoms with Crippen LogP contribution < -0.4 is 0 Å². The summed E-state index contributed by atoms with van der Waals surface area (Å²) in [5.74, 6) is 0. The summed E-state index contributed by atoms with van der Waals surface area (Å²) in [6, 6.07) is 16.4. The van der Waals surface area contributed by atoms with Crippen LogP contribution in [0, 0.1) is 0 Å². The average molecular weight is 496 g/mol.